The van der Waals surface area contributed by atoms with Crippen molar-refractivity contribution in [2.45, 2.75) is 33.3 Å². The number of carbonyl (C=O) groups excluding carboxylic acids is 3. The van der Waals surface area contributed by atoms with Gasteiger partial charge in [0.25, 0.3) is 0 Å². The van der Waals surface area contributed by atoms with E-state index in [0.29, 0.717) is 0 Å². The Bertz CT molecular complexity index is 635. The van der Waals surface area contributed by atoms with E-state index in [1.165, 1.54) is 20.8 Å². The molecule has 1 heterocycles. The molecular weight excluding hydrogens is 432 g/mol. The first kappa shape index (κ1) is 28.2. The van der Waals surface area contributed by atoms with Crippen LogP contribution in [0.3, 0.4) is 0 Å². The van der Waals surface area contributed by atoms with Gasteiger partial charge in [-0.3, -0.25) is 14.4 Å². The summed E-state index contributed by atoms with van der Waals surface area (Å²) in [5, 5.41) is 57.8. The molecule has 1 aliphatic heterocycles. The van der Waals surface area contributed by atoms with E-state index < -0.39 is 98.5 Å². The molecular formula is C20H34O12. The average Bonchev–Trinajstić information content (AvgIpc) is 2.90. The third-order valence-corrected chi connectivity index (χ3v) is 6.07. The number of hydrogen-bond donors (Lipinski definition) is 6. The lowest BCUT2D eigenvalue weighted by Crippen LogP contribution is -2.47. The van der Waals surface area contributed by atoms with Crippen LogP contribution < -0.4 is 0 Å². The highest BCUT2D eigenvalue weighted by atomic mass is 16.6. The number of ether oxygens (including phenoxy) is 3. The zero-order valence-corrected chi connectivity index (χ0v) is 18.6. The molecule has 1 aliphatic rings. The van der Waals surface area contributed by atoms with Gasteiger partial charge in [0.2, 0.25) is 0 Å². The minimum Gasteiger partial charge on any atom is -0.464 e. The van der Waals surface area contributed by atoms with Gasteiger partial charge in [-0.05, 0) is 27.2 Å². The maximum absolute atomic E-state index is 12.4. The van der Waals surface area contributed by atoms with E-state index in [2.05, 4.69) is 0 Å². The molecule has 1 fully saturated rings. The smallest absolute Gasteiger partial charge is 0.316 e. The van der Waals surface area contributed by atoms with Crippen molar-refractivity contribution in [3.63, 3.8) is 0 Å². The zero-order valence-electron chi connectivity index (χ0n) is 18.6. The SMILES string of the molecule is CC(CO)(CO)C(=O)OCC1(COC(=O)C(C)(CO)CO)COC(=O)C(C)(CO)C(O)C1. The average molecular weight is 466 g/mol. The lowest BCUT2D eigenvalue weighted by Gasteiger charge is -2.35. The van der Waals surface area contributed by atoms with Crippen LogP contribution in [-0.2, 0) is 28.6 Å². The quantitative estimate of drug-likeness (QED) is 0.137. The Labute approximate surface area is 185 Å². The van der Waals surface area contributed by atoms with Crippen LogP contribution in [0.2, 0.25) is 0 Å². The van der Waals surface area contributed by atoms with Crippen molar-refractivity contribution in [1.29, 1.82) is 0 Å². The molecule has 0 spiro atoms. The topological polar surface area (TPSA) is 200 Å². The summed E-state index contributed by atoms with van der Waals surface area (Å²) in [7, 11) is 0. The Morgan fingerprint density at radius 3 is 1.72 bits per heavy atom. The van der Waals surface area contributed by atoms with E-state index >= 15 is 0 Å². The lowest BCUT2D eigenvalue weighted by atomic mass is 9.76. The fourth-order valence-electron chi connectivity index (χ4n) is 2.77. The van der Waals surface area contributed by atoms with Crippen molar-refractivity contribution < 1.29 is 59.2 Å². The molecule has 12 nitrogen and oxygen atoms in total. The Balaban J connectivity index is 3.19. The Morgan fingerprint density at radius 2 is 1.38 bits per heavy atom. The van der Waals surface area contributed by atoms with Crippen LogP contribution >= 0.6 is 0 Å². The molecule has 6 N–H and O–H groups in total. The van der Waals surface area contributed by atoms with Gasteiger partial charge >= 0.3 is 17.9 Å². The van der Waals surface area contributed by atoms with Crippen molar-refractivity contribution in [2.75, 3.05) is 52.9 Å². The molecule has 2 atom stereocenters. The van der Waals surface area contributed by atoms with Crippen molar-refractivity contribution in [3.8, 4) is 0 Å². The largest absolute Gasteiger partial charge is 0.464 e. The molecule has 0 aromatic heterocycles. The molecule has 1 rings (SSSR count). The number of esters is 3. The van der Waals surface area contributed by atoms with Gasteiger partial charge in [-0.2, -0.15) is 0 Å². The second-order valence-corrected chi connectivity index (χ2v) is 9.28. The number of hydrogen-bond acceptors (Lipinski definition) is 12. The summed E-state index contributed by atoms with van der Waals surface area (Å²) in [6.45, 7) is -1.28. The van der Waals surface area contributed by atoms with E-state index in [4.69, 9.17) is 14.2 Å². The lowest BCUT2D eigenvalue weighted by molar-refractivity contribution is -0.175. The Hall–Kier alpha value is -1.83. The molecule has 0 amide bonds. The summed E-state index contributed by atoms with van der Waals surface area (Å²) < 4.78 is 15.7. The first-order valence-electron chi connectivity index (χ1n) is 10.1. The second-order valence-electron chi connectivity index (χ2n) is 9.28. The van der Waals surface area contributed by atoms with E-state index in [1.807, 2.05) is 0 Å². The summed E-state index contributed by atoms with van der Waals surface area (Å²) >= 11 is 0. The Kier molecular flexibility index (Phi) is 9.57. The summed E-state index contributed by atoms with van der Waals surface area (Å²) in [4.78, 5) is 37.1. The molecule has 32 heavy (non-hydrogen) atoms. The normalized spacial score (nSPS) is 23.8. The minimum atomic E-state index is -1.68. The molecule has 0 aromatic carbocycles. The van der Waals surface area contributed by atoms with Gasteiger partial charge in [-0.25, -0.2) is 0 Å². The molecule has 0 bridgehead atoms. The second kappa shape index (κ2) is 10.9. The molecule has 0 radical (unpaired) electrons. The number of aliphatic hydroxyl groups is 6. The fourth-order valence-corrected chi connectivity index (χ4v) is 2.77. The maximum atomic E-state index is 12.4. The van der Waals surface area contributed by atoms with Gasteiger partial charge in [-0.1, -0.05) is 0 Å². The summed E-state index contributed by atoms with van der Waals surface area (Å²) in [6, 6.07) is 0. The third-order valence-electron chi connectivity index (χ3n) is 6.07. The van der Waals surface area contributed by atoms with Crippen LogP contribution in [0.1, 0.15) is 27.2 Å². The van der Waals surface area contributed by atoms with E-state index in [1.54, 1.807) is 0 Å². The van der Waals surface area contributed by atoms with Gasteiger partial charge in [-0.15, -0.1) is 0 Å². The number of rotatable bonds is 11. The first-order chi connectivity index (χ1) is 14.8. The van der Waals surface area contributed by atoms with E-state index in [0.717, 1.165) is 0 Å². The van der Waals surface area contributed by atoms with Gasteiger partial charge in [0.15, 0.2) is 0 Å². The van der Waals surface area contributed by atoms with Gasteiger partial charge in [0.1, 0.15) is 36.1 Å². The van der Waals surface area contributed by atoms with Crippen LogP contribution in [0, 0.1) is 21.7 Å². The van der Waals surface area contributed by atoms with Crippen LogP contribution in [0.15, 0.2) is 0 Å². The maximum Gasteiger partial charge on any atom is 0.316 e. The molecule has 0 aromatic rings. The van der Waals surface area contributed by atoms with Crippen molar-refractivity contribution in [3.05, 3.63) is 0 Å². The Morgan fingerprint density at radius 1 is 0.969 bits per heavy atom. The highest BCUT2D eigenvalue weighted by Crippen LogP contribution is 2.38. The fraction of sp³-hybridized carbons (Fsp3) is 0.850. The van der Waals surface area contributed by atoms with E-state index in [9.17, 15) is 45.0 Å². The van der Waals surface area contributed by atoms with Crippen molar-refractivity contribution in [2.24, 2.45) is 21.7 Å². The van der Waals surface area contributed by atoms with E-state index in [-0.39, 0.29) is 6.42 Å². The van der Waals surface area contributed by atoms with Crippen molar-refractivity contribution >= 4 is 17.9 Å². The predicted molar refractivity (Wildman–Crippen MR) is 106 cm³/mol. The number of carbonyl (C=O) groups is 3. The van der Waals surface area contributed by atoms with Gasteiger partial charge in [0.05, 0.1) is 44.6 Å². The van der Waals surface area contributed by atoms with Crippen LogP contribution in [0.5, 0.6) is 0 Å². The predicted octanol–water partition coefficient (Wildman–Crippen LogP) is -2.65. The number of aliphatic hydroxyl groups excluding tert-OH is 6. The molecule has 0 saturated carbocycles. The number of cyclic esters (lactones) is 1. The zero-order chi connectivity index (χ0) is 24.8. The van der Waals surface area contributed by atoms with Gasteiger partial charge < -0.3 is 44.8 Å². The molecule has 1 saturated heterocycles. The molecule has 0 aliphatic carbocycles. The molecule has 186 valence electrons. The van der Waals surface area contributed by atoms with Crippen molar-refractivity contribution in [1.82, 2.24) is 0 Å². The van der Waals surface area contributed by atoms with Crippen LogP contribution in [0.4, 0.5) is 0 Å². The summed E-state index contributed by atoms with van der Waals surface area (Å²) in [6.07, 6.45) is -1.76. The minimum absolute atomic E-state index is 0.291. The first-order valence-corrected chi connectivity index (χ1v) is 10.1. The third kappa shape index (κ3) is 5.74. The standard InChI is InChI=1S/C20H34O12/c1-17(5-21,6-22)14(27)30-10-20(11-31-15(28)18(2,7-23)8-24)4-13(26)19(3,9-25)16(29)32-12-20/h13,21-26H,4-12H2,1-3H3. The highest BCUT2D eigenvalue weighted by Gasteiger charge is 2.52. The van der Waals surface area contributed by atoms with Gasteiger partial charge in [0, 0.05) is 0 Å². The van der Waals surface area contributed by atoms with Crippen LogP contribution in [0.25, 0.3) is 0 Å². The summed E-state index contributed by atoms with van der Waals surface area (Å²) in [5.74, 6) is -2.85. The summed E-state index contributed by atoms with van der Waals surface area (Å²) in [5.41, 5.74) is -6.37. The van der Waals surface area contributed by atoms with Crippen LogP contribution in [-0.4, -0.2) is 108 Å². The molecule has 2 unspecified atom stereocenters. The molecule has 12 heteroatoms. The monoisotopic (exact) mass is 466 g/mol. The highest BCUT2D eigenvalue weighted by molar-refractivity contribution is 5.78.